The molecule has 8 nitrogen and oxygen atoms in total. The molecule has 4 rings (SSSR count). The molecule has 34 heavy (non-hydrogen) atoms. The lowest BCUT2D eigenvalue weighted by Crippen LogP contribution is -2.15. The number of aromatic nitrogens is 3. The normalized spacial score (nSPS) is 11.4. The predicted molar refractivity (Wildman–Crippen MR) is 134 cm³/mol. The van der Waals surface area contributed by atoms with Crippen molar-refractivity contribution in [1.82, 2.24) is 14.8 Å². The number of amides is 1. The second-order valence-corrected chi connectivity index (χ2v) is 10.3. The van der Waals surface area contributed by atoms with Gasteiger partial charge in [0.15, 0.2) is 11.0 Å². The number of hydrogen-bond donors (Lipinski definition) is 2. The molecule has 0 saturated carbocycles. The zero-order valence-electron chi connectivity index (χ0n) is 18.0. The van der Waals surface area contributed by atoms with Crippen molar-refractivity contribution in [2.45, 2.75) is 17.0 Å². The number of hydrogen-bond acceptors (Lipinski definition) is 6. The molecule has 3 N–H and O–H groups in total. The number of nitrogens with two attached hydrogens (primary N) is 1. The molecule has 1 amide bonds. The van der Waals surface area contributed by atoms with E-state index in [4.69, 9.17) is 16.7 Å². The molecule has 0 radical (unpaired) electrons. The van der Waals surface area contributed by atoms with E-state index in [1.54, 1.807) is 12.1 Å². The molecule has 0 aliphatic carbocycles. The molecule has 0 unspecified atom stereocenters. The van der Waals surface area contributed by atoms with E-state index in [1.807, 2.05) is 47.9 Å². The first-order chi connectivity index (χ1) is 16.2. The van der Waals surface area contributed by atoms with Crippen molar-refractivity contribution in [1.29, 1.82) is 0 Å². The van der Waals surface area contributed by atoms with Crippen LogP contribution >= 0.6 is 23.4 Å². The summed E-state index contributed by atoms with van der Waals surface area (Å²) in [7, 11) is -3.79. The molecular formula is C23H20ClN5O3S2. The van der Waals surface area contributed by atoms with Gasteiger partial charge in [0, 0.05) is 22.0 Å². The van der Waals surface area contributed by atoms with Gasteiger partial charge in [-0.3, -0.25) is 9.36 Å². The summed E-state index contributed by atoms with van der Waals surface area (Å²) in [6.45, 7) is 2.01. The van der Waals surface area contributed by atoms with Crippen LogP contribution in [0.15, 0.2) is 82.8 Å². The van der Waals surface area contributed by atoms with E-state index in [1.165, 1.54) is 36.0 Å². The zero-order chi connectivity index (χ0) is 24.3. The van der Waals surface area contributed by atoms with E-state index >= 15 is 0 Å². The Kier molecular flexibility index (Phi) is 7.03. The lowest BCUT2D eigenvalue weighted by Gasteiger charge is -2.11. The predicted octanol–water partition coefficient (Wildman–Crippen LogP) is 4.27. The molecule has 0 atom stereocenters. The van der Waals surface area contributed by atoms with Crippen LogP contribution in [-0.4, -0.2) is 34.8 Å². The second-order valence-electron chi connectivity index (χ2n) is 7.39. The van der Waals surface area contributed by atoms with Gasteiger partial charge in [-0.1, -0.05) is 41.1 Å². The van der Waals surface area contributed by atoms with Crippen molar-refractivity contribution >= 4 is 45.0 Å². The van der Waals surface area contributed by atoms with Gasteiger partial charge >= 0.3 is 0 Å². The summed E-state index contributed by atoms with van der Waals surface area (Å²) in [5.41, 5.74) is 3.28. The SMILES string of the molecule is Cc1ccc(-n2c(SCC(=O)Nc3ccc(S(N)(=O)=O)cc3)nnc2-c2ccc(Cl)cc2)cc1. The van der Waals surface area contributed by atoms with E-state index in [9.17, 15) is 13.2 Å². The fourth-order valence-corrected chi connectivity index (χ4v) is 4.52. The topological polar surface area (TPSA) is 120 Å². The number of anilines is 1. The molecule has 0 saturated heterocycles. The van der Waals surface area contributed by atoms with Crippen molar-refractivity contribution in [2.75, 3.05) is 11.1 Å². The molecule has 3 aromatic carbocycles. The minimum atomic E-state index is -3.79. The lowest BCUT2D eigenvalue weighted by molar-refractivity contribution is -0.113. The summed E-state index contributed by atoms with van der Waals surface area (Å²) >= 11 is 7.27. The van der Waals surface area contributed by atoms with Crippen molar-refractivity contribution in [2.24, 2.45) is 5.14 Å². The third kappa shape index (κ3) is 5.65. The monoisotopic (exact) mass is 513 g/mol. The maximum absolute atomic E-state index is 12.5. The molecular weight excluding hydrogens is 494 g/mol. The van der Waals surface area contributed by atoms with E-state index in [0.717, 1.165) is 16.8 Å². The van der Waals surface area contributed by atoms with Gasteiger partial charge in [0.2, 0.25) is 15.9 Å². The number of primary sulfonamides is 1. The Morgan fingerprint density at radius 2 is 1.65 bits per heavy atom. The Balaban J connectivity index is 1.55. The van der Waals surface area contributed by atoms with Crippen LogP contribution in [-0.2, 0) is 14.8 Å². The Labute approximate surface area is 206 Å². The van der Waals surface area contributed by atoms with Crippen LogP contribution in [0.25, 0.3) is 17.1 Å². The molecule has 4 aromatic rings. The van der Waals surface area contributed by atoms with Crippen molar-refractivity contribution in [3.05, 3.63) is 83.4 Å². The number of halogens is 1. The third-order valence-corrected chi connectivity index (χ3v) is 6.94. The van der Waals surface area contributed by atoms with Gasteiger partial charge in [0.05, 0.1) is 10.6 Å². The maximum Gasteiger partial charge on any atom is 0.238 e. The Morgan fingerprint density at radius 3 is 2.26 bits per heavy atom. The van der Waals surface area contributed by atoms with Gasteiger partial charge in [-0.15, -0.1) is 10.2 Å². The van der Waals surface area contributed by atoms with Crippen LogP contribution in [0, 0.1) is 6.92 Å². The molecule has 0 bridgehead atoms. The van der Waals surface area contributed by atoms with Gasteiger partial charge in [-0.25, -0.2) is 13.6 Å². The molecule has 0 spiro atoms. The van der Waals surface area contributed by atoms with Crippen LogP contribution in [0.4, 0.5) is 5.69 Å². The molecule has 0 fully saturated rings. The average molecular weight is 514 g/mol. The number of aryl methyl sites for hydroxylation is 1. The molecule has 0 aliphatic rings. The minimum Gasteiger partial charge on any atom is -0.325 e. The highest BCUT2D eigenvalue weighted by Crippen LogP contribution is 2.29. The van der Waals surface area contributed by atoms with Crippen LogP contribution in [0.5, 0.6) is 0 Å². The summed E-state index contributed by atoms with van der Waals surface area (Å²) in [6.07, 6.45) is 0. The fourth-order valence-electron chi connectivity index (χ4n) is 3.13. The van der Waals surface area contributed by atoms with E-state index in [0.29, 0.717) is 21.7 Å². The highest BCUT2D eigenvalue weighted by atomic mass is 35.5. The van der Waals surface area contributed by atoms with E-state index in [2.05, 4.69) is 15.5 Å². The summed E-state index contributed by atoms with van der Waals surface area (Å²) in [5, 5.41) is 17.7. The highest BCUT2D eigenvalue weighted by molar-refractivity contribution is 7.99. The number of carbonyl (C=O) groups excluding carboxylic acids is 1. The Hall–Kier alpha value is -3.18. The number of rotatable bonds is 7. The molecule has 1 heterocycles. The number of sulfonamides is 1. The fraction of sp³-hybridized carbons (Fsp3) is 0.0870. The van der Waals surface area contributed by atoms with Crippen molar-refractivity contribution in [3.63, 3.8) is 0 Å². The van der Waals surface area contributed by atoms with Crippen LogP contribution in [0.2, 0.25) is 5.02 Å². The van der Waals surface area contributed by atoms with Crippen LogP contribution < -0.4 is 10.5 Å². The van der Waals surface area contributed by atoms with E-state index in [-0.39, 0.29) is 16.6 Å². The first-order valence-corrected chi connectivity index (χ1v) is 13.0. The summed E-state index contributed by atoms with van der Waals surface area (Å²) in [4.78, 5) is 12.5. The first kappa shape index (κ1) is 24.0. The number of nitrogens with one attached hydrogen (secondary N) is 1. The Bertz CT molecular complexity index is 1420. The first-order valence-electron chi connectivity index (χ1n) is 10.0. The maximum atomic E-state index is 12.5. The van der Waals surface area contributed by atoms with Crippen LogP contribution in [0.3, 0.4) is 0 Å². The van der Waals surface area contributed by atoms with Crippen LogP contribution in [0.1, 0.15) is 5.56 Å². The zero-order valence-corrected chi connectivity index (χ0v) is 20.4. The third-order valence-electron chi connectivity index (χ3n) is 4.83. The molecule has 1 aromatic heterocycles. The lowest BCUT2D eigenvalue weighted by atomic mass is 10.2. The summed E-state index contributed by atoms with van der Waals surface area (Å²) in [6, 6.07) is 20.9. The molecule has 174 valence electrons. The average Bonchev–Trinajstić information content (AvgIpc) is 3.22. The largest absolute Gasteiger partial charge is 0.325 e. The van der Waals surface area contributed by atoms with Crippen molar-refractivity contribution in [3.8, 4) is 17.1 Å². The molecule has 11 heteroatoms. The number of benzene rings is 3. The van der Waals surface area contributed by atoms with Gasteiger partial charge in [-0.05, 0) is 67.6 Å². The smallest absolute Gasteiger partial charge is 0.238 e. The summed E-state index contributed by atoms with van der Waals surface area (Å²) < 4.78 is 24.6. The second kappa shape index (κ2) is 9.98. The van der Waals surface area contributed by atoms with Crippen molar-refractivity contribution < 1.29 is 13.2 Å². The Morgan fingerprint density at radius 1 is 1.00 bits per heavy atom. The minimum absolute atomic E-state index is 0.0270. The van der Waals surface area contributed by atoms with Gasteiger partial charge in [0.1, 0.15) is 0 Å². The molecule has 0 aliphatic heterocycles. The highest BCUT2D eigenvalue weighted by Gasteiger charge is 2.17. The number of thioether (sulfide) groups is 1. The van der Waals surface area contributed by atoms with Gasteiger partial charge in [-0.2, -0.15) is 0 Å². The number of carbonyl (C=O) groups is 1. The van der Waals surface area contributed by atoms with Gasteiger partial charge < -0.3 is 5.32 Å². The quantitative estimate of drug-likeness (QED) is 0.356. The van der Waals surface area contributed by atoms with E-state index < -0.39 is 10.0 Å². The number of nitrogens with zero attached hydrogens (tertiary/aromatic N) is 3. The van der Waals surface area contributed by atoms with Gasteiger partial charge in [0.25, 0.3) is 0 Å². The summed E-state index contributed by atoms with van der Waals surface area (Å²) in [5.74, 6) is 0.420. The standard InChI is InChI=1S/C23H20ClN5O3S2/c1-15-2-10-19(11-3-15)29-22(16-4-6-17(24)7-5-16)27-28-23(29)33-14-21(30)26-18-8-12-20(13-9-18)34(25,31)32/h2-13H,14H2,1H3,(H,26,30)(H2,25,31,32).